The number of pyridine rings is 1. The van der Waals surface area contributed by atoms with Crippen molar-refractivity contribution in [2.24, 2.45) is 0 Å². The molecule has 0 fully saturated rings. The molecule has 0 bridgehead atoms. The number of anilines is 1. The van der Waals surface area contributed by atoms with Crippen molar-refractivity contribution >= 4 is 40.9 Å². The van der Waals surface area contributed by atoms with Crippen LogP contribution in [0.25, 0.3) is 22.4 Å². The van der Waals surface area contributed by atoms with E-state index in [0.29, 0.717) is 38.3 Å². The number of ether oxygens (including phenoxy) is 2. The molecule has 4 rings (SSSR count). The summed E-state index contributed by atoms with van der Waals surface area (Å²) in [4.78, 5) is 29.6. The largest absolute Gasteiger partial charge is 0.497 e. The van der Waals surface area contributed by atoms with Crippen LogP contribution in [-0.2, 0) is 9.53 Å². The van der Waals surface area contributed by atoms with Crippen LogP contribution >= 0.6 is 23.4 Å². The number of benzene rings is 3. The maximum Gasteiger partial charge on any atom is 0.339 e. The van der Waals surface area contributed by atoms with E-state index in [-0.39, 0.29) is 17.2 Å². The second-order valence-electron chi connectivity index (χ2n) is 7.96. The van der Waals surface area contributed by atoms with Gasteiger partial charge >= 0.3 is 5.97 Å². The monoisotopic (exact) mass is 543 g/mol. The van der Waals surface area contributed by atoms with Crippen molar-refractivity contribution in [2.45, 2.75) is 5.03 Å². The molecule has 1 aromatic heterocycles. The van der Waals surface area contributed by atoms with Gasteiger partial charge in [-0.1, -0.05) is 47.6 Å². The highest BCUT2D eigenvalue weighted by Crippen LogP contribution is 2.35. The standard InChI is InChI=1S/C29H22ClN3O4S/c1-36-21-13-9-19(10-14-21)26-15-23(18-7-11-20(30)12-8-18)24(16-31)28(33-26)38-17-27(34)32-25-6-4-3-5-22(25)29(35)37-2/h3-15H,17H2,1-2H3,(H,32,34). The summed E-state index contributed by atoms with van der Waals surface area (Å²) in [6.07, 6.45) is 0. The van der Waals surface area contributed by atoms with Crippen molar-refractivity contribution in [3.05, 3.63) is 95.0 Å². The summed E-state index contributed by atoms with van der Waals surface area (Å²) in [5.74, 6) is -0.246. The average Bonchev–Trinajstić information content (AvgIpc) is 2.96. The Balaban J connectivity index is 1.68. The van der Waals surface area contributed by atoms with E-state index in [1.54, 1.807) is 43.5 Å². The van der Waals surface area contributed by atoms with Crippen LogP contribution in [0.1, 0.15) is 15.9 Å². The highest BCUT2D eigenvalue weighted by Gasteiger charge is 2.18. The number of thioether (sulfide) groups is 1. The Morgan fingerprint density at radius 1 is 1.00 bits per heavy atom. The Bertz CT molecular complexity index is 1520. The molecule has 7 nitrogen and oxygen atoms in total. The van der Waals surface area contributed by atoms with E-state index >= 15 is 0 Å². The molecule has 0 saturated carbocycles. The molecule has 38 heavy (non-hydrogen) atoms. The van der Waals surface area contributed by atoms with Crippen LogP contribution in [0.5, 0.6) is 5.75 Å². The third-order valence-electron chi connectivity index (χ3n) is 5.59. The van der Waals surface area contributed by atoms with Gasteiger partial charge in [0.25, 0.3) is 0 Å². The lowest BCUT2D eigenvalue weighted by Crippen LogP contribution is -2.17. The van der Waals surface area contributed by atoms with Crippen molar-refractivity contribution in [1.82, 2.24) is 4.98 Å². The maximum absolute atomic E-state index is 12.8. The molecular weight excluding hydrogens is 522 g/mol. The van der Waals surface area contributed by atoms with Gasteiger partial charge in [-0.05, 0) is 60.2 Å². The van der Waals surface area contributed by atoms with E-state index in [9.17, 15) is 14.9 Å². The van der Waals surface area contributed by atoms with Gasteiger partial charge < -0.3 is 14.8 Å². The minimum Gasteiger partial charge on any atom is -0.497 e. The van der Waals surface area contributed by atoms with Gasteiger partial charge in [0.1, 0.15) is 16.8 Å². The van der Waals surface area contributed by atoms with Crippen molar-refractivity contribution in [1.29, 1.82) is 5.26 Å². The molecule has 3 aromatic carbocycles. The maximum atomic E-state index is 12.8. The van der Waals surface area contributed by atoms with Crippen LogP contribution < -0.4 is 10.1 Å². The van der Waals surface area contributed by atoms with E-state index in [2.05, 4.69) is 11.4 Å². The summed E-state index contributed by atoms with van der Waals surface area (Å²) in [7, 11) is 2.87. The Morgan fingerprint density at radius 3 is 2.34 bits per heavy atom. The zero-order valence-corrected chi connectivity index (χ0v) is 22.1. The number of nitrogens with zero attached hydrogens (tertiary/aromatic N) is 2. The molecule has 0 aliphatic rings. The lowest BCUT2D eigenvalue weighted by Gasteiger charge is -2.13. The van der Waals surface area contributed by atoms with Crippen LogP contribution in [0.3, 0.4) is 0 Å². The van der Waals surface area contributed by atoms with Crippen molar-refractivity contribution in [3.63, 3.8) is 0 Å². The number of rotatable bonds is 8. The molecule has 0 aliphatic heterocycles. The number of halogens is 1. The molecule has 190 valence electrons. The quantitative estimate of drug-likeness (QED) is 0.201. The fourth-order valence-electron chi connectivity index (χ4n) is 3.70. The summed E-state index contributed by atoms with van der Waals surface area (Å²) >= 11 is 7.22. The molecule has 4 aromatic rings. The van der Waals surface area contributed by atoms with Crippen molar-refractivity contribution in [2.75, 3.05) is 25.3 Å². The smallest absolute Gasteiger partial charge is 0.339 e. The number of nitriles is 1. The zero-order chi connectivity index (χ0) is 27.1. The first-order valence-corrected chi connectivity index (χ1v) is 12.8. The van der Waals surface area contributed by atoms with Gasteiger partial charge in [0.15, 0.2) is 0 Å². The summed E-state index contributed by atoms with van der Waals surface area (Å²) in [5, 5.41) is 13.8. The van der Waals surface area contributed by atoms with E-state index in [1.807, 2.05) is 42.5 Å². The Morgan fingerprint density at radius 2 is 1.68 bits per heavy atom. The van der Waals surface area contributed by atoms with Gasteiger partial charge in [0.2, 0.25) is 5.91 Å². The first-order valence-electron chi connectivity index (χ1n) is 11.4. The Labute approximate surface area is 229 Å². The summed E-state index contributed by atoms with van der Waals surface area (Å²) < 4.78 is 10.1. The molecule has 0 atom stereocenters. The molecule has 1 amide bonds. The van der Waals surface area contributed by atoms with Gasteiger partial charge in [0, 0.05) is 16.1 Å². The Kier molecular flexibility index (Phi) is 8.64. The minimum atomic E-state index is -0.554. The Hall–Kier alpha value is -4.32. The second-order valence-corrected chi connectivity index (χ2v) is 9.36. The fourth-order valence-corrected chi connectivity index (χ4v) is 4.63. The molecule has 1 heterocycles. The number of carbonyl (C=O) groups excluding carboxylic acids is 2. The first kappa shape index (κ1) is 26.7. The number of esters is 1. The SMILES string of the molecule is COC(=O)c1ccccc1NC(=O)CSc1nc(-c2ccc(OC)cc2)cc(-c2ccc(Cl)cc2)c1C#N. The summed E-state index contributed by atoms with van der Waals surface area (Å²) in [5.41, 5.74) is 3.85. The number of carbonyl (C=O) groups is 2. The van der Waals surface area contributed by atoms with E-state index in [1.165, 1.54) is 7.11 Å². The summed E-state index contributed by atoms with van der Waals surface area (Å²) in [6, 6.07) is 25.3. The topological polar surface area (TPSA) is 101 Å². The zero-order valence-electron chi connectivity index (χ0n) is 20.5. The average molecular weight is 544 g/mol. The van der Waals surface area contributed by atoms with Crippen molar-refractivity contribution in [3.8, 4) is 34.2 Å². The molecule has 1 N–H and O–H groups in total. The van der Waals surface area contributed by atoms with Gasteiger partial charge in [-0.2, -0.15) is 5.26 Å². The number of hydrogen-bond donors (Lipinski definition) is 1. The van der Waals surface area contributed by atoms with Crippen LogP contribution in [0.4, 0.5) is 5.69 Å². The van der Waals surface area contributed by atoms with E-state index in [0.717, 1.165) is 22.9 Å². The van der Waals surface area contributed by atoms with Gasteiger partial charge in [-0.15, -0.1) is 0 Å². The molecule has 0 unspecified atom stereocenters. The van der Waals surface area contributed by atoms with Gasteiger partial charge in [-0.25, -0.2) is 9.78 Å². The third kappa shape index (κ3) is 6.14. The van der Waals surface area contributed by atoms with Crippen molar-refractivity contribution < 1.29 is 19.1 Å². The lowest BCUT2D eigenvalue weighted by molar-refractivity contribution is -0.113. The predicted molar refractivity (Wildman–Crippen MR) is 149 cm³/mol. The van der Waals surface area contributed by atoms with E-state index in [4.69, 9.17) is 26.1 Å². The van der Waals surface area contributed by atoms with E-state index < -0.39 is 5.97 Å². The number of hydrogen-bond acceptors (Lipinski definition) is 7. The second kappa shape index (κ2) is 12.3. The molecule has 9 heteroatoms. The highest BCUT2D eigenvalue weighted by atomic mass is 35.5. The molecule has 0 saturated heterocycles. The molecule has 0 radical (unpaired) electrons. The lowest BCUT2D eigenvalue weighted by atomic mass is 9.99. The number of para-hydroxylation sites is 1. The minimum absolute atomic E-state index is 0.0384. The highest BCUT2D eigenvalue weighted by molar-refractivity contribution is 8.00. The first-order chi connectivity index (χ1) is 18.4. The van der Waals surface area contributed by atoms with Crippen LogP contribution in [-0.4, -0.2) is 36.8 Å². The molecule has 0 aliphatic carbocycles. The van der Waals surface area contributed by atoms with Crippen LogP contribution in [0.15, 0.2) is 83.9 Å². The predicted octanol–water partition coefficient (Wildman–Crippen LogP) is 6.47. The number of nitrogens with one attached hydrogen (secondary N) is 1. The normalized spacial score (nSPS) is 10.4. The fraction of sp³-hybridized carbons (Fsp3) is 0.103. The van der Waals surface area contributed by atoms with Crippen LogP contribution in [0, 0.1) is 11.3 Å². The van der Waals surface area contributed by atoms with Crippen LogP contribution in [0.2, 0.25) is 5.02 Å². The van der Waals surface area contributed by atoms with Gasteiger partial charge in [0.05, 0.1) is 42.5 Å². The van der Waals surface area contributed by atoms with Gasteiger partial charge in [-0.3, -0.25) is 4.79 Å². The number of amides is 1. The molecule has 0 spiro atoms. The summed E-state index contributed by atoms with van der Waals surface area (Å²) in [6.45, 7) is 0. The molecular formula is C29H22ClN3O4S. The number of aromatic nitrogens is 1. The number of methoxy groups -OCH3 is 2. The third-order valence-corrected chi connectivity index (χ3v) is 6.81.